The number of anilines is 1. The molecular formula is C32H38ClN3O4S. The smallest absolute Gasteiger partial charge is 0.264 e. The van der Waals surface area contributed by atoms with Crippen molar-refractivity contribution in [3.8, 4) is 0 Å². The minimum Gasteiger partial charge on any atom is -0.352 e. The molecule has 1 aliphatic rings. The minimum absolute atomic E-state index is 0.0757. The summed E-state index contributed by atoms with van der Waals surface area (Å²) >= 11 is 6.23. The minimum atomic E-state index is -4.11. The third-order valence-electron chi connectivity index (χ3n) is 7.82. The van der Waals surface area contributed by atoms with Crippen LogP contribution >= 0.6 is 11.6 Å². The molecule has 0 aromatic heterocycles. The van der Waals surface area contributed by atoms with Crippen molar-refractivity contribution in [1.82, 2.24) is 10.2 Å². The Morgan fingerprint density at radius 3 is 2.32 bits per heavy atom. The molecule has 1 saturated carbocycles. The molecule has 0 bridgehead atoms. The first kappa shape index (κ1) is 30.6. The standard InChI is InChI=1S/C32H38ClN3O4S/c1-23-12-10-19-30(24(23)2)36(41(39,40)29-17-8-5-9-18-29)22-31(37)35(21-26-13-11-14-27(33)20-26)25(3)32(38)34-28-15-6-4-7-16-28/h5,8-14,17-20,25,28H,4,6-7,15-16,21-22H2,1-3H3,(H,34,38)/t25-/m0/s1. The maximum Gasteiger partial charge on any atom is 0.264 e. The Balaban J connectivity index is 1.70. The van der Waals surface area contributed by atoms with E-state index in [0.717, 1.165) is 53.1 Å². The van der Waals surface area contributed by atoms with E-state index in [0.29, 0.717) is 10.7 Å². The highest BCUT2D eigenvalue weighted by atomic mass is 35.5. The highest BCUT2D eigenvalue weighted by molar-refractivity contribution is 7.92. The molecule has 1 fully saturated rings. The van der Waals surface area contributed by atoms with E-state index in [9.17, 15) is 18.0 Å². The van der Waals surface area contributed by atoms with Gasteiger partial charge in [-0.05, 0) is 80.6 Å². The number of benzene rings is 3. The average Bonchev–Trinajstić information content (AvgIpc) is 2.97. The van der Waals surface area contributed by atoms with E-state index in [1.807, 2.05) is 26.0 Å². The number of halogens is 1. The number of hydrogen-bond acceptors (Lipinski definition) is 4. The summed E-state index contributed by atoms with van der Waals surface area (Å²) in [5.41, 5.74) is 2.82. The lowest BCUT2D eigenvalue weighted by Gasteiger charge is -2.33. The maximum atomic E-state index is 14.1. The van der Waals surface area contributed by atoms with E-state index in [-0.39, 0.29) is 23.4 Å². The molecule has 3 aromatic carbocycles. The first-order valence-electron chi connectivity index (χ1n) is 14.1. The lowest BCUT2D eigenvalue weighted by molar-refractivity contribution is -0.139. The zero-order valence-corrected chi connectivity index (χ0v) is 25.4. The van der Waals surface area contributed by atoms with Crippen LogP contribution in [0.3, 0.4) is 0 Å². The van der Waals surface area contributed by atoms with Crippen molar-refractivity contribution in [2.24, 2.45) is 0 Å². The Kier molecular flexibility index (Phi) is 10.1. The Morgan fingerprint density at radius 2 is 1.63 bits per heavy atom. The van der Waals surface area contributed by atoms with Crippen LogP contribution in [0.2, 0.25) is 5.02 Å². The molecule has 41 heavy (non-hydrogen) atoms. The number of nitrogens with one attached hydrogen (secondary N) is 1. The van der Waals surface area contributed by atoms with E-state index in [1.54, 1.807) is 55.5 Å². The topological polar surface area (TPSA) is 86.8 Å². The van der Waals surface area contributed by atoms with Crippen molar-refractivity contribution in [2.75, 3.05) is 10.8 Å². The van der Waals surface area contributed by atoms with Crippen LogP contribution in [0.4, 0.5) is 5.69 Å². The second kappa shape index (κ2) is 13.5. The Morgan fingerprint density at radius 1 is 0.951 bits per heavy atom. The molecule has 1 N–H and O–H groups in total. The summed E-state index contributed by atoms with van der Waals surface area (Å²) < 4.78 is 29.1. The van der Waals surface area contributed by atoms with Crippen LogP contribution in [-0.2, 0) is 26.2 Å². The largest absolute Gasteiger partial charge is 0.352 e. The summed E-state index contributed by atoms with van der Waals surface area (Å²) in [6.07, 6.45) is 5.11. The van der Waals surface area contributed by atoms with Crippen molar-refractivity contribution in [3.05, 3.63) is 94.5 Å². The Labute approximate surface area is 248 Å². The number of amides is 2. The van der Waals surface area contributed by atoms with Crippen molar-refractivity contribution >= 4 is 39.1 Å². The van der Waals surface area contributed by atoms with Gasteiger partial charge in [-0.25, -0.2) is 8.42 Å². The molecule has 218 valence electrons. The van der Waals surface area contributed by atoms with E-state index in [2.05, 4.69) is 5.32 Å². The zero-order chi connectivity index (χ0) is 29.6. The van der Waals surface area contributed by atoms with E-state index in [4.69, 9.17) is 11.6 Å². The number of rotatable bonds is 10. The van der Waals surface area contributed by atoms with Crippen LogP contribution in [0, 0.1) is 13.8 Å². The molecule has 0 aliphatic heterocycles. The molecule has 4 rings (SSSR count). The number of aryl methyl sites for hydroxylation is 1. The fraction of sp³-hybridized carbons (Fsp3) is 0.375. The molecule has 1 aliphatic carbocycles. The van der Waals surface area contributed by atoms with Gasteiger partial charge in [-0.3, -0.25) is 13.9 Å². The zero-order valence-electron chi connectivity index (χ0n) is 23.8. The fourth-order valence-corrected chi connectivity index (χ4v) is 6.93. The monoisotopic (exact) mass is 595 g/mol. The van der Waals surface area contributed by atoms with Crippen LogP contribution in [0.5, 0.6) is 0 Å². The molecular weight excluding hydrogens is 558 g/mol. The van der Waals surface area contributed by atoms with Crippen molar-refractivity contribution < 1.29 is 18.0 Å². The predicted molar refractivity (Wildman–Crippen MR) is 163 cm³/mol. The summed E-state index contributed by atoms with van der Waals surface area (Å²) in [4.78, 5) is 29.1. The van der Waals surface area contributed by atoms with Gasteiger partial charge < -0.3 is 10.2 Å². The quantitative estimate of drug-likeness (QED) is 0.311. The third-order valence-corrected chi connectivity index (χ3v) is 9.82. The van der Waals surface area contributed by atoms with Crippen LogP contribution in [-0.4, -0.2) is 43.8 Å². The summed E-state index contributed by atoms with van der Waals surface area (Å²) in [7, 11) is -4.11. The second-order valence-electron chi connectivity index (χ2n) is 10.7. The number of carbonyl (C=O) groups is 2. The SMILES string of the molecule is Cc1cccc(N(CC(=O)N(Cc2cccc(Cl)c2)[C@@H](C)C(=O)NC2CCCCC2)S(=O)(=O)c2ccccc2)c1C. The number of carbonyl (C=O) groups excluding carboxylic acids is 2. The molecule has 2 amide bonds. The molecule has 0 spiro atoms. The fourth-order valence-electron chi connectivity index (χ4n) is 5.22. The van der Waals surface area contributed by atoms with Crippen LogP contribution < -0.4 is 9.62 Å². The highest BCUT2D eigenvalue weighted by Crippen LogP contribution is 2.29. The molecule has 0 saturated heterocycles. The molecule has 0 heterocycles. The second-order valence-corrected chi connectivity index (χ2v) is 13.0. The van der Waals surface area contributed by atoms with Gasteiger partial charge >= 0.3 is 0 Å². The van der Waals surface area contributed by atoms with E-state index >= 15 is 0 Å². The molecule has 0 radical (unpaired) electrons. The van der Waals surface area contributed by atoms with Crippen LogP contribution in [0.1, 0.15) is 55.7 Å². The molecule has 7 nitrogen and oxygen atoms in total. The summed E-state index contributed by atoms with van der Waals surface area (Å²) in [6.45, 7) is 5.06. The van der Waals surface area contributed by atoms with Gasteiger partial charge in [-0.1, -0.05) is 73.3 Å². The lowest BCUT2D eigenvalue weighted by Crippen LogP contribution is -2.53. The van der Waals surface area contributed by atoms with Crippen molar-refractivity contribution in [2.45, 2.75) is 76.4 Å². The summed E-state index contributed by atoms with van der Waals surface area (Å²) in [5, 5.41) is 3.63. The number of sulfonamides is 1. The van der Waals surface area contributed by atoms with Gasteiger partial charge in [0.2, 0.25) is 11.8 Å². The van der Waals surface area contributed by atoms with Gasteiger partial charge in [0.15, 0.2) is 0 Å². The van der Waals surface area contributed by atoms with Gasteiger partial charge in [0.05, 0.1) is 10.6 Å². The van der Waals surface area contributed by atoms with E-state index in [1.165, 1.54) is 17.0 Å². The number of nitrogens with zero attached hydrogens (tertiary/aromatic N) is 2. The molecule has 3 aromatic rings. The highest BCUT2D eigenvalue weighted by Gasteiger charge is 2.33. The van der Waals surface area contributed by atoms with Gasteiger partial charge in [-0.15, -0.1) is 0 Å². The molecule has 9 heteroatoms. The summed E-state index contributed by atoms with van der Waals surface area (Å²) in [6, 6.07) is 19.8. The van der Waals surface area contributed by atoms with Crippen LogP contribution in [0.25, 0.3) is 0 Å². The first-order valence-corrected chi connectivity index (χ1v) is 15.9. The van der Waals surface area contributed by atoms with Crippen molar-refractivity contribution in [3.63, 3.8) is 0 Å². The average molecular weight is 596 g/mol. The Hall–Kier alpha value is -3.36. The predicted octanol–water partition coefficient (Wildman–Crippen LogP) is 6.02. The van der Waals surface area contributed by atoms with Gasteiger partial charge in [0, 0.05) is 17.6 Å². The third kappa shape index (κ3) is 7.49. The van der Waals surface area contributed by atoms with Gasteiger partial charge in [0.1, 0.15) is 12.6 Å². The summed E-state index contributed by atoms with van der Waals surface area (Å²) in [5.74, 6) is -0.742. The van der Waals surface area contributed by atoms with Gasteiger partial charge in [-0.2, -0.15) is 0 Å². The maximum absolute atomic E-state index is 14.1. The first-order chi connectivity index (χ1) is 19.6. The van der Waals surface area contributed by atoms with Crippen molar-refractivity contribution in [1.29, 1.82) is 0 Å². The lowest BCUT2D eigenvalue weighted by atomic mass is 9.95. The molecule has 1 atom stereocenters. The number of hydrogen-bond donors (Lipinski definition) is 1. The van der Waals surface area contributed by atoms with E-state index < -0.39 is 28.5 Å². The van der Waals surface area contributed by atoms with Gasteiger partial charge in [0.25, 0.3) is 10.0 Å². The molecule has 0 unspecified atom stereocenters. The Bertz CT molecular complexity index is 1470. The van der Waals surface area contributed by atoms with Crippen LogP contribution in [0.15, 0.2) is 77.7 Å². The normalized spacial score (nSPS) is 14.7.